The van der Waals surface area contributed by atoms with Crippen LogP contribution >= 0.6 is 11.3 Å². The Morgan fingerprint density at radius 3 is 2.83 bits per heavy atom. The van der Waals surface area contributed by atoms with Crippen molar-refractivity contribution in [2.24, 2.45) is 0 Å². The summed E-state index contributed by atoms with van der Waals surface area (Å²) in [6.07, 6.45) is 0.592. The minimum atomic E-state index is -0.727. The molecule has 0 aliphatic heterocycles. The normalized spacial score (nSPS) is 10.7. The van der Waals surface area contributed by atoms with Gasteiger partial charge in [0.1, 0.15) is 0 Å². The number of nitrogens with one attached hydrogen (secondary N) is 1. The van der Waals surface area contributed by atoms with Crippen LogP contribution in [0.1, 0.15) is 40.8 Å². The second kappa shape index (κ2) is 7.19. The molecule has 0 spiro atoms. The monoisotopic (exact) mass is 335 g/mol. The van der Waals surface area contributed by atoms with Crippen LogP contribution in [0.15, 0.2) is 23.6 Å². The van der Waals surface area contributed by atoms with E-state index < -0.39 is 22.3 Å². The summed E-state index contributed by atoms with van der Waals surface area (Å²) in [5.41, 5.74) is 0.560. The molecule has 0 radical (unpaired) electrons. The zero-order valence-electron chi connectivity index (χ0n) is 12.8. The highest BCUT2D eigenvalue weighted by Crippen LogP contribution is 2.26. The molecule has 1 heterocycles. The molecule has 1 aromatic heterocycles. The summed E-state index contributed by atoms with van der Waals surface area (Å²) in [6.45, 7) is 4.53. The summed E-state index contributed by atoms with van der Waals surface area (Å²) in [6, 6.07) is 3.55. The first-order valence-electron chi connectivity index (χ1n) is 7.08. The largest absolute Gasteiger partial charge is 0.502 e. The van der Waals surface area contributed by atoms with Crippen molar-refractivity contribution in [2.75, 3.05) is 6.54 Å². The number of phenols is 1. The molecule has 0 aliphatic rings. The van der Waals surface area contributed by atoms with Crippen molar-refractivity contribution in [3.8, 4) is 5.75 Å². The molecule has 122 valence electrons. The second-order valence-electron chi connectivity index (χ2n) is 5.30. The van der Waals surface area contributed by atoms with Gasteiger partial charge in [-0.25, -0.2) is 4.98 Å². The lowest BCUT2D eigenvalue weighted by Gasteiger charge is -2.05. The molecule has 8 heteroatoms. The standard InChI is InChI=1S/C15H17N3O4S/c1-9(2)15-17-11(8-23-15)5-6-16-14(20)10-3-4-13(19)12(7-10)18(21)22/h3-4,7-9,19H,5-6H2,1-2H3,(H,16,20). The molecule has 0 fully saturated rings. The highest BCUT2D eigenvalue weighted by molar-refractivity contribution is 7.09. The van der Waals surface area contributed by atoms with Gasteiger partial charge >= 0.3 is 5.69 Å². The van der Waals surface area contributed by atoms with E-state index in [-0.39, 0.29) is 5.56 Å². The maximum atomic E-state index is 12.0. The Bertz CT molecular complexity index is 727. The third kappa shape index (κ3) is 4.26. The summed E-state index contributed by atoms with van der Waals surface area (Å²) < 4.78 is 0. The van der Waals surface area contributed by atoms with Crippen LogP contribution in [0.2, 0.25) is 0 Å². The van der Waals surface area contributed by atoms with Crippen molar-refractivity contribution >= 4 is 22.9 Å². The molecule has 23 heavy (non-hydrogen) atoms. The van der Waals surface area contributed by atoms with Gasteiger partial charge in [0.2, 0.25) is 0 Å². The third-order valence-corrected chi connectivity index (χ3v) is 4.36. The Morgan fingerprint density at radius 1 is 1.48 bits per heavy atom. The van der Waals surface area contributed by atoms with E-state index >= 15 is 0 Å². The third-order valence-electron chi connectivity index (χ3n) is 3.16. The van der Waals surface area contributed by atoms with Gasteiger partial charge < -0.3 is 10.4 Å². The van der Waals surface area contributed by atoms with Gasteiger partial charge in [-0.15, -0.1) is 11.3 Å². The van der Waals surface area contributed by atoms with Crippen molar-refractivity contribution < 1.29 is 14.8 Å². The summed E-state index contributed by atoms with van der Waals surface area (Å²) >= 11 is 1.59. The SMILES string of the molecule is CC(C)c1nc(CCNC(=O)c2ccc(O)c([N+](=O)[O-])c2)cs1. The van der Waals surface area contributed by atoms with E-state index in [4.69, 9.17) is 0 Å². The molecule has 0 bridgehead atoms. The van der Waals surface area contributed by atoms with Crippen molar-refractivity contribution in [3.05, 3.63) is 50.0 Å². The first-order valence-corrected chi connectivity index (χ1v) is 7.96. The van der Waals surface area contributed by atoms with Crippen LogP contribution in [-0.2, 0) is 6.42 Å². The first-order chi connectivity index (χ1) is 10.9. The number of nitro groups is 1. The van der Waals surface area contributed by atoms with E-state index in [9.17, 15) is 20.0 Å². The van der Waals surface area contributed by atoms with E-state index in [0.29, 0.717) is 18.9 Å². The fourth-order valence-corrected chi connectivity index (χ4v) is 2.79. The zero-order chi connectivity index (χ0) is 17.0. The van der Waals surface area contributed by atoms with Gasteiger partial charge in [0, 0.05) is 35.9 Å². The van der Waals surface area contributed by atoms with Crippen LogP contribution in [0.3, 0.4) is 0 Å². The number of aromatic hydroxyl groups is 1. The minimum absolute atomic E-state index is 0.135. The van der Waals surface area contributed by atoms with Crippen molar-refractivity contribution in [2.45, 2.75) is 26.2 Å². The lowest BCUT2D eigenvalue weighted by atomic mass is 10.1. The molecule has 2 N–H and O–H groups in total. The molecular formula is C15H17N3O4S. The van der Waals surface area contributed by atoms with Crippen molar-refractivity contribution in [3.63, 3.8) is 0 Å². The number of hydrogen-bond donors (Lipinski definition) is 2. The summed E-state index contributed by atoms with van der Waals surface area (Å²) in [4.78, 5) is 26.5. The molecular weight excluding hydrogens is 318 g/mol. The average molecular weight is 335 g/mol. The van der Waals surface area contributed by atoms with E-state index in [0.717, 1.165) is 22.8 Å². The Labute approximate surface area is 137 Å². The number of amides is 1. The number of carbonyl (C=O) groups excluding carboxylic acids is 1. The summed E-state index contributed by atoms with van der Waals surface area (Å²) in [5.74, 6) is -0.511. The molecule has 0 unspecified atom stereocenters. The van der Waals surface area contributed by atoms with Crippen molar-refractivity contribution in [1.29, 1.82) is 0 Å². The smallest absolute Gasteiger partial charge is 0.311 e. The quantitative estimate of drug-likeness (QED) is 0.624. The zero-order valence-corrected chi connectivity index (χ0v) is 13.6. The number of benzene rings is 1. The number of aromatic nitrogens is 1. The fraction of sp³-hybridized carbons (Fsp3) is 0.333. The molecule has 1 amide bonds. The van der Waals surface area contributed by atoms with Crippen LogP contribution < -0.4 is 5.32 Å². The topological polar surface area (TPSA) is 105 Å². The Hall–Kier alpha value is -2.48. The predicted molar refractivity (Wildman–Crippen MR) is 87.0 cm³/mol. The Balaban J connectivity index is 1.94. The van der Waals surface area contributed by atoms with Gasteiger partial charge in [0.05, 0.1) is 15.6 Å². The second-order valence-corrected chi connectivity index (χ2v) is 6.19. The number of nitrogens with zero attached hydrogens (tertiary/aromatic N) is 2. The molecule has 0 saturated heterocycles. The maximum Gasteiger partial charge on any atom is 0.311 e. The van der Waals surface area contributed by atoms with Gasteiger partial charge in [-0.05, 0) is 12.1 Å². The van der Waals surface area contributed by atoms with Gasteiger partial charge in [-0.3, -0.25) is 14.9 Å². The highest BCUT2D eigenvalue weighted by Gasteiger charge is 2.16. The lowest BCUT2D eigenvalue weighted by molar-refractivity contribution is -0.385. The van der Waals surface area contributed by atoms with Gasteiger partial charge in [0.25, 0.3) is 5.91 Å². The molecule has 0 atom stereocenters. The molecule has 0 aliphatic carbocycles. The van der Waals surface area contributed by atoms with Gasteiger partial charge in [0.15, 0.2) is 5.75 Å². The first kappa shape index (κ1) is 16.9. The van der Waals surface area contributed by atoms with E-state index in [1.54, 1.807) is 11.3 Å². The Kier molecular flexibility index (Phi) is 5.28. The van der Waals surface area contributed by atoms with E-state index in [2.05, 4.69) is 24.1 Å². The predicted octanol–water partition coefficient (Wildman–Crippen LogP) is 2.85. The van der Waals surface area contributed by atoms with Crippen molar-refractivity contribution in [1.82, 2.24) is 10.3 Å². The number of rotatable bonds is 6. The van der Waals surface area contributed by atoms with Crippen LogP contribution in [0.5, 0.6) is 5.75 Å². The number of thiazole rings is 1. The average Bonchev–Trinajstić information content (AvgIpc) is 2.96. The Morgan fingerprint density at radius 2 is 2.22 bits per heavy atom. The number of carbonyl (C=O) groups is 1. The number of hydrogen-bond acceptors (Lipinski definition) is 6. The van der Waals surface area contributed by atoms with Crippen LogP contribution in [-0.4, -0.2) is 27.5 Å². The summed E-state index contributed by atoms with van der Waals surface area (Å²) in [7, 11) is 0. The van der Waals surface area contributed by atoms with Crippen LogP contribution in [0.4, 0.5) is 5.69 Å². The van der Waals surface area contributed by atoms with Crippen LogP contribution in [0, 0.1) is 10.1 Å². The van der Waals surface area contributed by atoms with E-state index in [1.807, 2.05) is 5.38 Å². The maximum absolute atomic E-state index is 12.0. The van der Waals surface area contributed by atoms with Gasteiger partial charge in [-0.2, -0.15) is 0 Å². The molecule has 7 nitrogen and oxygen atoms in total. The number of phenolic OH excluding ortho intramolecular Hbond substituents is 1. The molecule has 0 saturated carbocycles. The van der Waals surface area contributed by atoms with Crippen LogP contribution in [0.25, 0.3) is 0 Å². The number of nitro benzene ring substituents is 1. The highest BCUT2D eigenvalue weighted by atomic mass is 32.1. The minimum Gasteiger partial charge on any atom is -0.502 e. The molecule has 2 rings (SSSR count). The fourth-order valence-electron chi connectivity index (χ4n) is 1.92. The lowest BCUT2D eigenvalue weighted by Crippen LogP contribution is -2.25. The van der Waals surface area contributed by atoms with E-state index in [1.165, 1.54) is 6.07 Å². The molecule has 1 aromatic carbocycles. The summed E-state index contributed by atoms with van der Waals surface area (Å²) in [5, 5.41) is 25.9. The molecule has 2 aromatic rings. The van der Waals surface area contributed by atoms with Gasteiger partial charge in [-0.1, -0.05) is 13.8 Å².